The van der Waals surface area contributed by atoms with Gasteiger partial charge >= 0.3 is 0 Å². The summed E-state index contributed by atoms with van der Waals surface area (Å²) in [5.74, 6) is -0.957. The molecule has 1 aromatic heterocycles. The minimum atomic E-state index is -3.27. The summed E-state index contributed by atoms with van der Waals surface area (Å²) in [5.41, 5.74) is 1.04. The summed E-state index contributed by atoms with van der Waals surface area (Å²) in [6, 6.07) is -0.00721. The lowest BCUT2D eigenvalue weighted by molar-refractivity contribution is -0.118. The zero-order valence-corrected chi connectivity index (χ0v) is 11.0. The van der Waals surface area contributed by atoms with Crippen molar-refractivity contribution in [3.8, 4) is 0 Å². The molecule has 1 heterocycles. The molecule has 0 aliphatic carbocycles. The van der Waals surface area contributed by atoms with Gasteiger partial charge in [-0.1, -0.05) is 0 Å². The van der Waals surface area contributed by atoms with Crippen LogP contribution in [-0.4, -0.2) is 42.7 Å². The van der Waals surface area contributed by atoms with Crippen LogP contribution < -0.4 is 5.32 Å². The molecule has 0 radical (unpaired) electrons. The number of aromatic nitrogens is 2. The molecule has 0 aliphatic heterocycles. The second-order valence-corrected chi connectivity index (χ2v) is 6.36. The lowest BCUT2D eigenvalue weighted by atomic mass is 10.3. The normalized spacial score (nSPS) is 13.4. The van der Waals surface area contributed by atoms with Crippen molar-refractivity contribution in [2.45, 2.75) is 19.9 Å². The Hall–Kier alpha value is -1.37. The van der Waals surface area contributed by atoms with E-state index in [9.17, 15) is 13.2 Å². The molecule has 7 heteroatoms. The van der Waals surface area contributed by atoms with Crippen LogP contribution in [0.4, 0.5) is 0 Å². The van der Waals surface area contributed by atoms with Crippen molar-refractivity contribution in [1.29, 1.82) is 0 Å². The van der Waals surface area contributed by atoms with Crippen molar-refractivity contribution in [1.82, 2.24) is 15.1 Å². The molecule has 0 bridgehead atoms. The summed E-state index contributed by atoms with van der Waals surface area (Å²) in [6.45, 7) is 4.18. The molecule has 1 amide bonds. The van der Waals surface area contributed by atoms with Gasteiger partial charge in [-0.3, -0.25) is 9.48 Å². The lowest BCUT2D eigenvalue weighted by Crippen LogP contribution is -2.34. The van der Waals surface area contributed by atoms with Crippen molar-refractivity contribution < 1.29 is 13.2 Å². The summed E-state index contributed by atoms with van der Waals surface area (Å²) >= 11 is 0. The predicted molar refractivity (Wildman–Crippen MR) is 64.4 cm³/mol. The fraction of sp³-hybridized carbons (Fsp3) is 0.600. The minimum absolute atomic E-state index is 0.00721. The van der Waals surface area contributed by atoms with Gasteiger partial charge < -0.3 is 5.32 Å². The molecule has 1 atom stereocenters. The maximum absolute atomic E-state index is 11.3. The van der Waals surface area contributed by atoms with Gasteiger partial charge in [-0.2, -0.15) is 5.10 Å². The Morgan fingerprint density at radius 2 is 2.24 bits per heavy atom. The van der Waals surface area contributed by atoms with E-state index in [2.05, 4.69) is 10.4 Å². The number of hydrogen-bond donors (Lipinski definition) is 1. The van der Waals surface area contributed by atoms with Crippen LogP contribution in [-0.2, 0) is 14.6 Å². The van der Waals surface area contributed by atoms with Gasteiger partial charge in [0.1, 0.15) is 5.75 Å². The number of carbonyl (C=O) groups is 1. The second-order valence-electron chi connectivity index (χ2n) is 4.22. The van der Waals surface area contributed by atoms with Crippen molar-refractivity contribution in [3.63, 3.8) is 0 Å². The molecule has 1 aromatic rings. The Morgan fingerprint density at radius 3 is 2.71 bits per heavy atom. The lowest BCUT2D eigenvalue weighted by Gasteiger charge is -2.12. The Balaban J connectivity index is 2.43. The fourth-order valence-corrected chi connectivity index (χ4v) is 1.90. The van der Waals surface area contributed by atoms with E-state index in [4.69, 9.17) is 0 Å². The van der Waals surface area contributed by atoms with Crippen molar-refractivity contribution in [2.24, 2.45) is 0 Å². The van der Waals surface area contributed by atoms with Gasteiger partial charge in [0.2, 0.25) is 5.91 Å². The fourth-order valence-electron chi connectivity index (χ4n) is 1.32. The summed E-state index contributed by atoms with van der Waals surface area (Å²) < 4.78 is 23.5. The first-order chi connectivity index (χ1) is 7.78. The highest BCUT2D eigenvalue weighted by Gasteiger charge is 2.12. The number of carbonyl (C=O) groups excluding carboxylic acids is 1. The summed E-state index contributed by atoms with van der Waals surface area (Å²) in [7, 11) is -3.27. The van der Waals surface area contributed by atoms with Crippen LogP contribution in [0.2, 0.25) is 0 Å². The molecule has 0 saturated heterocycles. The number of hydrogen-bond acceptors (Lipinski definition) is 4. The van der Waals surface area contributed by atoms with Gasteiger partial charge in [-0.25, -0.2) is 8.42 Å². The first-order valence-electron chi connectivity index (χ1n) is 5.23. The highest BCUT2D eigenvalue weighted by atomic mass is 32.2. The first kappa shape index (κ1) is 13.7. The molecule has 0 fully saturated rings. The molecule has 6 nitrogen and oxygen atoms in total. The number of amides is 1. The molecule has 0 spiro atoms. The maximum atomic E-state index is 11.3. The predicted octanol–water partition coefficient (Wildman–Crippen LogP) is -0.0867. The molecule has 0 saturated carbocycles. The van der Waals surface area contributed by atoms with Crippen LogP contribution in [0.25, 0.3) is 0 Å². The van der Waals surface area contributed by atoms with Gasteiger partial charge in [0.05, 0.1) is 12.2 Å². The quantitative estimate of drug-likeness (QED) is 0.801. The highest BCUT2D eigenvalue weighted by Crippen LogP contribution is 2.04. The number of nitrogens with one attached hydrogen (secondary N) is 1. The van der Waals surface area contributed by atoms with E-state index in [1.165, 1.54) is 0 Å². The second kappa shape index (κ2) is 5.31. The molecule has 0 unspecified atom stereocenters. The highest BCUT2D eigenvalue weighted by molar-refractivity contribution is 7.91. The van der Waals surface area contributed by atoms with E-state index in [0.717, 1.165) is 11.8 Å². The summed E-state index contributed by atoms with van der Waals surface area (Å²) in [4.78, 5) is 11.3. The zero-order valence-electron chi connectivity index (χ0n) is 10.2. The average molecular weight is 259 g/mol. The van der Waals surface area contributed by atoms with Gasteiger partial charge in [0, 0.05) is 19.0 Å². The minimum Gasteiger partial charge on any atom is -0.353 e. The van der Waals surface area contributed by atoms with Crippen LogP contribution in [0.5, 0.6) is 0 Å². The van der Waals surface area contributed by atoms with E-state index in [1.54, 1.807) is 10.9 Å². The monoisotopic (exact) mass is 259 g/mol. The first-order valence-corrected chi connectivity index (χ1v) is 7.29. The van der Waals surface area contributed by atoms with Crippen LogP contribution in [0, 0.1) is 6.92 Å². The van der Waals surface area contributed by atoms with Gasteiger partial charge in [0.15, 0.2) is 9.84 Å². The topological polar surface area (TPSA) is 81.1 Å². The van der Waals surface area contributed by atoms with Crippen molar-refractivity contribution >= 4 is 15.7 Å². The Labute approximate surface area is 101 Å². The Kier molecular flexibility index (Phi) is 4.28. The summed E-state index contributed by atoms with van der Waals surface area (Å²) in [6.07, 6.45) is 4.63. The van der Waals surface area contributed by atoms with Gasteiger partial charge in [0.25, 0.3) is 0 Å². The van der Waals surface area contributed by atoms with E-state index in [1.807, 2.05) is 20.0 Å². The van der Waals surface area contributed by atoms with Crippen LogP contribution in [0.1, 0.15) is 18.5 Å². The van der Waals surface area contributed by atoms with E-state index in [-0.39, 0.29) is 6.04 Å². The standard InChI is InChI=1S/C10H17N3O3S/c1-8-4-12-13(6-8)9(2)5-11-10(14)7-17(3,15)16/h4,6,9H,5,7H2,1-3H3,(H,11,14)/t9-/m1/s1. The molecule has 0 aromatic carbocycles. The number of rotatable bonds is 5. The van der Waals surface area contributed by atoms with E-state index in [0.29, 0.717) is 6.54 Å². The molecule has 1 rings (SSSR count). The molecule has 1 N–H and O–H groups in total. The Bertz CT molecular complexity index is 493. The van der Waals surface area contributed by atoms with Crippen molar-refractivity contribution in [3.05, 3.63) is 18.0 Å². The van der Waals surface area contributed by atoms with Crippen molar-refractivity contribution in [2.75, 3.05) is 18.6 Å². The van der Waals surface area contributed by atoms with Crippen LogP contribution in [0.3, 0.4) is 0 Å². The third-order valence-electron chi connectivity index (χ3n) is 2.17. The van der Waals surface area contributed by atoms with Gasteiger partial charge in [-0.15, -0.1) is 0 Å². The van der Waals surface area contributed by atoms with E-state index >= 15 is 0 Å². The smallest absolute Gasteiger partial charge is 0.235 e. The number of aryl methyl sites for hydroxylation is 1. The summed E-state index contributed by atoms with van der Waals surface area (Å²) in [5, 5.41) is 6.68. The van der Waals surface area contributed by atoms with E-state index < -0.39 is 21.5 Å². The van der Waals surface area contributed by atoms with Gasteiger partial charge in [-0.05, 0) is 19.4 Å². The molecule has 0 aliphatic rings. The molecular weight excluding hydrogens is 242 g/mol. The SMILES string of the molecule is Cc1cnn([C@H](C)CNC(=O)CS(C)(=O)=O)c1. The maximum Gasteiger partial charge on any atom is 0.235 e. The molecule has 17 heavy (non-hydrogen) atoms. The Morgan fingerprint density at radius 1 is 1.59 bits per heavy atom. The third-order valence-corrected chi connectivity index (χ3v) is 2.96. The van der Waals surface area contributed by atoms with Crippen LogP contribution >= 0.6 is 0 Å². The average Bonchev–Trinajstić information content (AvgIpc) is 2.58. The molecule has 96 valence electrons. The number of nitrogens with zero attached hydrogens (tertiary/aromatic N) is 2. The largest absolute Gasteiger partial charge is 0.353 e. The number of sulfone groups is 1. The van der Waals surface area contributed by atoms with Crippen LogP contribution in [0.15, 0.2) is 12.4 Å². The molecular formula is C10H17N3O3S. The zero-order chi connectivity index (χ0) is 13.1. The third kappa shape index (κ3) is 4.99.